The summed E-state index contributed by atoms with van der Waals surface area (Å²) in [7, 11) is 0. The van der Waals surface area contributed by atoms with Gasteiger partial charge >= 0.3 is 0 Å². The average Bonchev–Trinajstić information content (AvgIpc) is 2.71. The minimum atomic E-state index is -0.304. The molecule has 0 aliphatic heterocycles. The SMILES string of the molecule is CCc1ccc(-c2ccc(=O)n(CC(=O)NCCc3ccc(Cl)cc3)n2)cc1. The monoisotopic (exact) mass is 395 g/mol. The van der Waals surface area contributed by atoms with Crippen LogP contribution in [0.25, 0.3) is 11.3 Å². The Morgan fingerprint density at radius 3 is 2.36 bits per heavy atom. The van der Waals surface area contributed by atoms with Gasteiger partial charge in [-0.1, -0.05) is 54.9 Å². The van der Waals surface area contributed by atoms with Gasteiger partial charge in [0, 0.05) is 23.2 Å². The molecule has 1 N–H and O–H groups in total. The highest BCUT2D eigenvalue weighted by atomic mass is 35.5. The molecular formula is C22H22ClN3O2. The van der Waals surface area contributed by atoms with E-state index in [2.05, 4.69) is 17.3 Å². The van der Waals surface area contributed by atoms with Crippen molar-refractivity contribution in [3.05, 3.63) is 87.2 Å². The number of amides is 1. The molecule has 3 aromatic rings. The topological polar surface area (TPSA) is 64.0 Å². The molecule has 6 heteroatoms. The Morgan fingerprint density at radius 1 is 1.00 bits per heavy atom. The summed E-state index contributed by atoms with van der Waals surface area (Å²) >= 11 is 5.86. The summed E-state index contributed by atoms with van der Waals surface area (Å²) in [6, 6.07) is 18.6. The first kappa shape index (κ1) is 19.8. The van der Waals surface area contributed by atoms with Crippen molar-refractivity contribution in [1.29, 1.82) is 0 Å². The average molecular weight is 396 g/mol. The van der Waals surface area contributed by atoms with Crippen LogP contribution in [-0.2, 0) is 24.2 Å². The van der Waals surface area contributed by atoms with Gasteiger partial charge in [0.25, 0.3) is 5.56 Å². The third-order valence-electron chi connectivity index (χ3n) is 4.47. The number of carbonyl (C=O) groups excluding carboxylic acids is 1. The Bertz CT molecular complexity index is 996. The summed E-state index contributed by atoms with van der Waals surface area (Å²) in [6.07, 6.45) is 1.65. The number of nitrogens with zero attached hydrogens (tertiary/aromatic N) is 2. The molecule has 1 amide bonds. The van der Waals surface area contributed by atoms with Crippen molar-refractivity contribution in [2.75, 3.05) is 6.54 Å². The van der Waals surface area contributed by atoms with Crippen LogP contribution < -0.4 is 10.9 Å². The fraction of sp³-hybridized carbons (Fsp3) is 0.227. The lowest BCUT2D eigenvalue weighted by atomic mass is 10.1. The third kappa shape index (κ3) is 5.30. The summed E-state index contributed by atoms with van der Waals surface area (Å²) in [5.41, 5.74) is 3.58. The van der Waals surface area contributed by atoms with Crippen LogP contribution in [0, 0.1) is 0 Å². The molecule has 1 heterocycles. The Hall–Kier alpha value is -2.92. The zero-order valence-electron chi connectivity index (χ0n) is 15.7. The van der Waals surface area contributed by atoms with E-state index >= 15 is 0 Å². The van der Waals surface area contributed by atoms with E-state index in [0.717, 1.165) is 17.5 Å². The van der Waals surface area contributed by atoms with E-state index in [1.54, 1.807) is 6.07 Å². The van der Waals surface area contributed by atoms with Crippen LogP contribution in [0.2, 0.25) is 5.02 Å². The van der Waals surface area contributed by atoms with Gasteiger partial charge in [-0.05, 0) is 42.2 Å². The molecule has 0 aliphatic carbocycles. The Labute approximate surface area is 169 Å². The van der Waals surface area contributed by atoms with Gasteiger partial charge in [-0.3, -0.25) is 9.59 Å². The van der Waals surface area contributed by atoms with Crippen molar-refractivity contribution in [3.8, 4) is 11.3 Å². The smallest absolute Gasteiger partial charge is 0.267 e. The molecule has 0 fully saturated rings. The maximum atomic E-state index is 12.2. The van der Waals surface area contributed by atoms with Gasteiger partial charge in [0.15, 0.2) is 0 Å². The van der Waals surface area contributed by atoms with E-state index in [4.69, 9.17) is 11.6 Å². The molecular weight excluding hydrogens is 374 g/mol. The summed E-state index contributed by atoms with van der Waals surface area (Å²) in [5.74, 6) is -0.248. The van der Waals surface area contributed by atoms with Gasteiger partial charge in [-0.25, -0.2) is 4.68 Å². The van der Waals surface area contributed by atoms with Crippen LogP contribution in [0.15, 0.2) is 65.5 Å². The zero-order chi connectivity index (χ0) is 19.9. The predicted octanol–water partition coefficient (Wildman–Crippen LogP) is 3.49. The van der Waals surface area contributed by atoms with Crippen LogP contribution in [-0.4, -0.2) is 22.2 Å². The quantitative estimate of drug-likeness (QED) is 0.666. The highest BCUT2D eigenvalue weighted by Gasteiger charge is 2.08. The summed E-state index contributed by atoms with van der Waals surface area (Å²) in [5, 5.41) is 7.85. The van der Waals surface area contributed by atoms with Gasteiger partial charge in [0.05, 0.1) is 5.69 Å². The second kappa shape index (κ2) is 9.33. The van der Waals surface area contributed by atoms with Gasteiger partial charge in [-0.2, -0.15) is 5.10 Å². The number of hydrogen-bond acceptors (Lipinski definition) is 3. The van der Waals surface area contributed by atoms with Crippen molar-refractivity contribution < 1.29 is 4.79 Å². The lowest BCUT2D eigenvalue weighted by Gasteiger charge is -2.09. The Morgan fingerprint density at radius 2 is 1.68 bits per heavy atom. The number of aryl methyl sites for hydroxylation is 1. The molecule has 0 aliphatic rings. The first-order valence-electron chi connectivity index (χ1n) is 9.24. The fourth-order valence-corrected chi connectivity index (χ4v) is 2.94. The summed E-state index contributed by atoms with van der Waals surface area (Å²) in [4.78, 5) is 24.3. The lowest BCUT2D eigenvalue weighted by Crippen LogP contribution is -2.34. The van der Waals surface area contributed by atoms with Crippen molar-refractivity contribution in [1.82, 2.24) is 15.1 Å². The van der Waals surface area contributed by atoms with Gasteiger partial charge in [-0.15, -0.1) is 0 Å². The molecule has 5 nitrogen and oxygen atoms in total. The fourth-order valence-electron chi connectivity index (χ4n) is 2.82. The van der Waals surface area contributed by atoms with Crippen molar-refractivity contribution in [2.24, 2.45) is 0 Å². The Kier molecular flexibility index (Phi) is 6.61. The molecule has 0 radical (unpaired) electrons. The predicted molar refractivity (Wildman–Crippen MR) is 111 cm³/mol. The molecule has 28 heavy (non-hydrogen) atoms. The minimum absolute atomic E-state index is 0.111. The highest BCUT2D eigenvalue weighted by molar-refractivity contribution is 6.30. The number of carbonyl (C=O) groups is 1. The van der Waals surface area contributed by atoms with Crippen LogP contribution >= 0.6 is 11.6 Å². The summed E-state index contributed by atoms with van der Waals surface area (Å²) < 4.78 is 1.20. The van der Waals surface area contributed by atoms with E-state index < -0.39 is 0 Å². The van der Waals surface area contributed by atoms with Gasteiger partial charge in [0.1, 0.15) is 6.54 Å². The number of halogens is 1. The number of nitrogens with one attached hydrogen (secondary N) is 1. The molecule has 0 atom stereocenters. The maximum Gasteiger partial charge on any atom is 0.267 e. The second-order valence-electron chi connectivity index (χ2n) is 6.49. The van der Waals surface area contributed by atoms with Crippen LogP contribution in [0.5, 0.6) is 0 Å². The van der Waals surface area contributed by atoms with Crippen molar-refractivity contribution in [3.63, 3.8) is 0 Å². The molecule has 0 bridgehead atoms. The Balaban J connectivity index is 1.61. The van der Waals surface area contributed by atoms with Gasteiger partial charge < -0.3 is 5.32 Å². The van der Waals surface area contributed by atoms with E-state index in [9.17, 15) is 9.59 Å². The molecule has 144 valence electrons. The summed E-state index contributed by atoms with van der Waals surface area (Å²) in [6.45, 7) is 2.46. The minimum Gasteiger partial charge on any atom is -0.354 e. The molecule has 2 aromatic carbocycles. The van der Waals surface area contributed by atoms with E-state index in [1.807, 2.05) is 48.5 Å². The van der Waals surface area contributed by atoms with E-state index in [-0.39, 0.29) is 18.0 Å². The molecule has 0 unspecified atom stereocenters. The van der Waals surface area contributed by atoms with Crippen LogP contribution in [0.1, 0.15) is 18.1 Å². The number of rotatable bonds is 7. The molecule has 1 aromatic heterocycles. The zero-order valence-corrected chi connectivity index (χ0v) is 16.4. The largest absolute Gasteiger partial charge is 0.354 e. The lowest BCUT2D eigenvalue weighted by molar-refractivity contribution is -0.121. The first-order valence-corrected chi connectivity index (χ1v) is 9.61. The highest BCUT2D eigenvalue weighted by Crippen LogP contribution is 2.16. The number of aromatic nitrogens is 2. The number of hydrogen-bond donors (Lipinski definition) is 1. The normalized spacial score (nSPS) is 10.6. The second-order valence-corrected chi connectivity index (χ2v) is 6.93. The first-order chi connectivity index (χ1) is 13.5. The molecule has 0 saturated carbocycles. The van der Waals surface area contributed by atoms with E-state index in [1.165, 1.54) is 16.3 Å². The standard InChI is InChI=1S/C22H22ClN3O2/c1-2-16-3-7-18(8-4-16)20-11-12-22(28)26(25-20)15-21(27)24-14-13-17-5-9-19(23)10-6-17/h3-12H,2,13-15H2,1H3,(H,24,27). The maximum absolute atomic E-state index is 12.2. The molecule has 0 spiro atoms. The van der Waals surface area contributed by atoms with Crippen molar-refractivity contribution in [2.45, 2.75) is 26.3 Å². The van der Waals surface area contributed by atoms with E-state index in [0.29, 0.717) is 23.7 Å². The van der Waals surface area contributed by atoms with Crippen molar-refractivity contribution >= 4 is 17.5 Å². The number of benzene rings is 2. The molecule has 0 saturated heterocycles. The van der Waals surface area contributed by atoms with Crippen LogP contribution in [0.3, 0.4) is 0 Å². The third-order valence-corrected chi connectivity index (χ3v) is 4.72. The van der Waals surface area contributed by atoms with Crippen LogP contribution in [0.4, 0.5) is 0 Å². The molecule has 3 rings (SSSR count). The van der Waals surface area contributed by atoms with Gasteiger partial charge in [0.2, 0.25) is 5.91 Å².